The normalized spacial score (nSPS) is 10.3. The van der Waals surface area contributed by atoms with Crippen molar-refractivity contribution in [2.75, 3.05) is 13.7 Å². The quantitative estimate of drug-likeness (QED) is 0.587. The van der Waals surface area contributed by atoms with E-state index in [-0.39, 0.29) is 5.78 Å². The lowest BCUT2D eigenvalue weighted by Crippen LogP contribution is -2.02. The average Bonchev–Trinajstić information content (AvgIpc) is 2.22. The van der Waals surface area contributed by atoms with Gasteiger partial charge in [-0.3, -0.25) is 4.79 Å². The third-order valence-electron chi connectivity index (χ3n) is 2.00. The van der Waals surface area contributed by atoms with Gasteiger partial charge in [0.05, 0.1) is 10.0 Å². The van der Waals surface area contributed by atoms with Crippen LogP contribution >= 0.6 is 23.2 Å². The van der Waals surface area contributed by atoms with Crippen LogP contribution < -0.4 is 0 Å². The lowest BCUT2D eigenvalue weighted by atomic mass is 10.1. The number of ether oxygens (including phenoxy) is 1. The maximum absolute atomic E-state index is 11.7. The van der Waals surface area contributed by atoms with Gasteiger partial charge in [-0.2, -0.15) is 0 Å². The van der Waals surface area contributed by atoms with Crippen molar-refractivity contribution in [3.8, 4) is 0 Å². The molecular weight excluding hydrogens is 235 g/mol. The molecule has 0 N–H and O–H groups in total. The SMILES string of the molecule is COCCCC(=O)c1cccc(Cl)c1Cl. The highest BCUT2D eigenvalue weighted by molar-refractivity contribution is 6.43. The maximum Gasteiger partial charge on any atom is 0.164 e. The lowest BCUT2D eigenvalue weighted by molar-refractivity contribution is 0.0963. The van der Waals surface area contributed by atoms with Crippen molar-refractivity contribution in [2.45, 2.75) is 12.8 Å². The zero-order chi connectivity index (χ0) is 11.3. The van der Waals surface area contributed by atoms with Crippen molar-refractivity contribution in [2.24, 2.45) is 0 Å². The van der Waals surface area contributed by atoms with Crippen LogP contribution in [0.25, 0.3) is 0 Å². The minimum atomic E-state index is -0.000417. The number of carbonyl (C=O) groups is 1. The monoisotopic (exact) mass is 246 g/mol. The topological polar surface area (TPSA) is 26.3 Å². The van der Waals surface area contributed by atoms with Gasteiger partial charge in [-0.05, 0) is 18.6 Å². The lowest BCUT2D eigenvalue weighted by Gasteiger charge is -2.04. The summed E-state index contributed by atoms with van der Waals surface area (Å²) in [6, 6.07) is 5.07. The summed E-state index contributed by atoms with van der Waals surface area (Å²) in [5, 5.41) is 0.746. The first-order valence-electron chi connectivity index (χ1n) is 4.63. The van der Waals surface area contributed by atoms with E-state index in [1.807, 2.05) is 0 Å². The highest BCUT2D eigenvalue weighted by Crippen LogP contribution is 2.26. The van der Waals surface area contributed by atoms with Crippen molar-refractivity contribution in [3.05, 3.63) is 33.8 Å². The molecule has 0 saturated carbocycles. The summed E-state index contributed by atoms with van der Waals surface area (Å²) in [6.07, 6.45) is 1.12. The molecule has 82 valence electrons. The minimum absolute atomic E-state index is 0.000417. The number of halogens is 2. The van der Waals surface area contributed by atoms with Crippen LogP contribution in [0.4, 0.5) is 0 Å². The second-order valence-electron chi connectivity index (χ2n) is 3.12. The summed E-state index contributed by atoms with van der Waals surface area (Å²) in [5.41, 5.74) is 0.486. The van der Waals surface area contributed by atoms with Crippen LogP contribution in [0, 0.1) is 0 Å². The van der Waals surface area contributed by atoms with Gasteiger partial charge in [0.25, 0.3) is 0 Å². The molecule has 1 aromatic carbocycles. The van der Waals surface area contributed by atoms with Crippen molar-refractivity contribution >= 4 is 29.0 Å². The first-order valence-corrected chi connectivity index (χ1v) is 5.38. The predicted octanol–water partition coefficient (Wildman–Crippen LogP) is 3.60. The highest BCUT2D eigenvalue weighted by Gasteiger charge is 2.11. The van der Waals surface area contributed by atoms with Crippen molar-refractivity contribution in [1.29, 1.82) is 0 Å². The van der Waals surface area contributed by atoms with E-state index in [4.69, 9.17) is 27.9 Å². The Hall–Kier alpha value is -0.570. The molecule has 1 aromatic rings. The highest BCUT2D eigenvalue weighted by atomic mass is 35.5. The molecule has 0 aliphatic rings. The summed E-state index contributed by atoms with van der Waals surface area (Å²) in [6.45, 7) is 0.573. The molecule has 4 heteroatoms. The number of rotatable bonds is 5. The second-order valence-corrected chi connectivity index (χ2v) is 3.91. The fourth-order valence-electron chi connectivity index (χ4n) is 1.23. The fourth-order valence-corrected chi connectivity index (χ4v) is 1.64. The van der Waals surface area contributed by atoms with Crippen LogP contribution in [0.2, 0.25) is 10.0 Å². The molecule has 0 fully saturated rings. The van der Waals surface area contributed by atoms with Gasteiger partial charge in [-0.25, -0.2) is 0 Å². The molecule has 0 heterocycles. The molecule has 0 unspecified atom stereocenters. The fraction of sp³-hybridized carbons (Fsp3) is 0.364. The second kappa shape index (κ2) is 6.11. The molecule has 0 aliphatic heterocycles. The Kier molecular flexibility index (Phi) is 5.09. The summed E-state index contributed by atoms with van der Waals surface area (Å²) < 4.78 is 4.87. The molecule has 15 heavy (non-hydrogen) atoms. The van der Waals surface area contributed by atoms with Gasteiger partial charge in [-0.1, -0.05) is 29.3 Å². The van der Waals surface area contributed by atoms with Crippen LogP contribution in [-0.2, 0) is 4.74 Å². The van der Waals surface area contributed by atoms with Crippen LogP contribution in [0.3, 0.4) is 0 Å². The van der Waals surface area contributed by atoms with E-state index in [9.17, 15) is 4.79 Å². The van der Waals surface area contributed by atoms with E-state index in [1.54, 1.807) is 25.3 Å². The summed E-state index contributed by atoms with van der Waals surface area (Å²) in [7, 11) is 1.61. The Morgan fingerprint density at radius 3 is 2.80 bits per heavy atom. The Bertz CT molecular complexity index is 350. The van der Waals surface area contributed by atoms with E-state index in [1.165, 1.54) is 0 Å². The molecule has 0 atom stereocenters. The van der Waals surface area contributed by atoms with Gasteiger partial charge in [0.1, 0.15) is 0 Å². The minimum Gasteiger partial charge on any atom is -0.385 e. The van der Waals surface area contributed by atoms with Crippen molar-refractivity contribution in [1.82, 2.24) is 0 Å². The van der Waals surface area contributed by atoms with Crippen molar-refractivity contribution in [3.63, 3.8) is 0 Å². The van der Waals surface area contributed by atoms with Gasteiger partial charge in [0.2, 0.25) is 0 Å². The predicted molar refractivity (Wildman–Crippen MR) is 61.9 cm³/mol. The van der Waals surface area contributed by atoms with Gasteiger partial charge in [-0.15, -0.1) is 0 Å². The first kappa shape index (κ1) is 12.5. The summed E-state index contributed by atoms with van der Waals surface area (Å²) >= 11 is 11.7. The van der Waals surface area contributed by atoms with E-state index < -0.39 is 0 Å². The Balaban J connectivity index is 2.69. The third-order valence-corrected chi connectivity index (χ3v) is 2.82. The van der Waals surface area contributed by atoms with Crippen LogP contribution in [-0.4, -0.2) is 19.5 Å². The number of carbonyl (C=O) groups excluding carboxylic acids is 1. The molecule has 1 rings (SSSR count). The maximum atomic E-state index is 11.7. The van der Waals surface area contributed by atoms with Crippen molar-refractivity contribution < 1.29 is 9.53 Å². The van der Waals surface area contributed by atoms with Gasteiger partial charge in [0, 0.05) is 25.7 Å². The number of Topliss-reactive ketones (excluding diaryl/α,β-unsaturated/α-hetero) is 1. The van der Waals surface area contributed by atoms with E-state index in [0.29, 0.717) is 35.1 Å². The smallest absolute Gasteiger partial charge is 0.164 e. The third kappa shape index (κ3) is 3.49. The zero-order valence-electron chi connectivity index (χ0n) is 8.43. The largest absolute Gasteiger partial charge is 0.385 e. The molecule has 0 spiro atoms. The summed E-state index contributed by atoms with van der Waals surface area (Å²) in [4.78, 5) is 11.7. The number of hydrogen-bond donors (Lipinski definition) is 0. The van der Waals surface area contributed by atoms with Gasteiger partial charge in [0.15, 0.2) is 5.78 Å². The van der Waals surface area contributed by atoms with Gasteiger partial charge < -0.3 is 4.74 Å². The molecule has 0 amide bonds. The van der Waals surface area contributed by atoms with E-state index in [2.05, 4.69) is 0 Å². The molecule has 0 aromatic heterocycles. The molecule has 0 bridgehead atoms. The number of benzene rings is 1. The zero-order valence-corrected chi connectivity index (χ0v) is 9.94. The molecule has 0 aliphatic carbocycles. The van der Waals surface area contributed by atoms with Crippen LogP contribution in [0.1, 0.15) is 23.2 Å². The van der Waals surface area contributed by atoms with Crippen LogP contribution in [0.5, 0.6) is 0 Å². The Labute approximate surface area is 99.1 Å². The molecule has 2 nitrogen and oxygen atoms in total. The van der Waals surface area contributed by atoms with Gasteiger partial charge >= 0.3 is 0 Å². The Morgan fingerprint density at radius 1 is 1.40 bits per heavy atom. The number of ketones is 1. The van der Waals surface area contributed by atoms with E-state index >= 15 is 0 Å². The number of methoxy groups -OCH3 is 1. The average molecular weight is 247 g/mol. The van der Waals surface area contributed by atoms with Crippen LogP contribution in [0.15, 0.2) is 18.2 Å². The summed E-state index contributed by atoms with van der Waals surface area (Å²) in [5.74, 6) is -0.000417. The molecular formula is C11H12Cl2O2. The standard InChI is InChI=1S/C11H12Cl2O2/c1-15-7-3-6-10(14)8-4-2-5-9(12)11(8)13/h2,4-5H,3,6-7H2,1H3. The van der Waals surface area contributed by atoms with E-state index in [0.717, 1.165) is 0 Å². The first-order chi connectivity index (χ1) is 7.16. The Morgan fingerprint density at radius 2 is 2.13 bits per heavy atom. The molecule has 0 radical (unpaired) electrons. The number of hydrogen-bond acceptors (Lipinski definition) is 2. The molecule has 0 saturated heterocycles.